The maximum absolute atomic E-state index is 12.4. The number of aromatic nitrogens is 1. The Morgan fingerprint density at radius 3 is 2.60 bits per heavy atom. The lowest BCUT2D eigenvalue weighted by Crippen LogP contribution is -2.44. The van der Waals surface area contributed by atoms with Crippen molar-refractivity contribution in [2.45, 2.75) is 38.8 Å². The highest BCUT2D eigenvalue weighted by atomic mass is 127. The van der Waals surface area contributed by atoms with Gasteiger partial charge in [0.25, 0.3) is 0 Å². The van der Waals surface area contributed by atoms with Gasteiger partial charge in [-0.1, -0.05) is 24.3 Å². The Bertz CT molecular complexity index is 884. The van der Waals surface area contributed by atoms with Crippen LogP contribution < -0.4 is 21.1 Å². The largest absolute Gasteiger partial charge is 0.357 e. The molecule has 1 aromatic carbocycles. The second-order valence-corrected chi connectivity index (χ2v) is 7.09. The number of rotatable bonds is 8. The first kappa shape index (κ1) is 23.9. The van der Waals surface area contributed by atoms with Crippen LogP contribution in [0.2, 0.25) is 0 Å². The maximum Gasteiger partial charge on any atom is 0.250 e. The van der Waals surface area contributed by atoms with Crippen LogP contribution in [0.5, 0.6) is 0 Å². The summed E-state index contributed by atoms with van der Waals surface area (Å²) in [4.78, 5) is 30.5. The fourth-order valence-electron chi connectivity index (χ4n) is 3.41. The van der Waals surface area contributed by atoms with Crippen molar-refractivity contribution < 1.29 is 4.79 Å². The molecule has 1 atom stereocenters. The molecule has 0 spiro atoms. The molecule has 1 aromatic heterocycles. The molecule has 1 saturated heterocycles. The average molecular weight is 523 g/mol. The van der Waals surface area contributed by atoms with Crippen LogP contribution in [0.1, 0.15) is 26.2 Å². The summed E-state index contributed by atoms with van der Waals surface area (Å²) in [6.45, 7) is 4.77. The van der Waals surface area contributed by atoms with E-state index in [1.807, 2.05) is 54.4 Å². The van der Waals surface area contributed by atoms with E-state index in [1.54, 1.807) is 16.7 Å². The third kappa shape index (κ3) is 6.86. The molecule has 8 heteroatoms. The third-order valence-electron chi connectivity index (χ3n) is 4.85. The van der Waals surface area contributed by atoms with Gasteiger partial charge in [0.05, 0.1) is 6.04 Å². The number of nitrogens with one attached hydrogen (secondary N) is 2. The summed E-state index contributed by atoms with van der Waals surface area (Å²) in [5.74, 6) is 0.856. The van der Waals surface area contributed by atoms with E-state index in [4.69, 9.17) is 0 Å². The van der Waals surface area contributed by atoms with Gasteiger partial charge in [0, 0.05) is 50.6 Å². The first-order valence-corrected chi connectivity index (χ1v) is 10.2. The Morgan fingerprint density at radius 1 is 1.10 bits per heavy atom. The highest BCUT2D eigenvalue weighted by molar-refractivity contribution is 14.0. The number of guanidine groups is 1. The summed E-state index contributed by atoms with van der Waals surface area (Å²) in [7, 11) is 0. The lowest BCUT2D eigenvalue weighted by atomic mass is 10.2. The number of aliphatic imine (C=N–C) groups is 1. The van der Waals surface area contributed by atoms with Gasteiger partial charge in [-0.05, 0) is 38.0 Å². The van der Waals surface area contributed by atoms with Crippen LogP contribution in [0, 0.1) is 0 Å². The van der Waals surface area contributed by atoms with Crippen LogP contribution in [0.25, 0.3) is 0 Å². The molecule has 1 amide bonds. The Hall–Kier alpha value is -2.36. The minimum absolute atomic E-state index is 0. The van der Waals surface area contributed by atoms with Gasteiger partial charge in [-0.3, -0.25) is 14.6 Å². The summed E-state index contributed by atoms with van der Waals surface area (Å²) in [5, 5.41) is 6.64. The number of nitrogens with zero attached hydrogens (tertiary/aromatic N) is 3. The van der Waals surface area contributed by atoms with Crippen LogP contribution in [-0.2, 0) is 11.3 Å². The zero-order valence-electron chi connectivity index (χ0n) is 17.3. The van der Waals surface area contributed by atoms with E-state index in [2.05, 4.69) is 15.6 Å². The number of benzene rings is 1. The van der Waals surface area contributed by atoms with Gasteiger partial charge >= 0.3 is 0 Å². The van der Waals surface area contributed by atoms with Crippen molar-refractivity contribution in [3.05, 3.63) is 65.1 Å². The number of unbranched alkanes of at least 4 members (excludes halogenated alkanes) is 1. The SMILES string of the molecule is CCNC(=NCCCCn1ccccc1=O)NC1CC(=O)N(c2ccccc2)C1.I. The van der Waals surface area contributed by atoms with Gasteiger partial charge in [0.15, 0.2) is 5.96 Å². The number of halogens is 1. The molecule has 0 bridgehead atoms. The van der Waals surface area contributed by atoms with Crippen molar-refractivity contribution in [3.8, 4) is 0 Å². The number of hydrogen-bond acceptors (Lipinski definition) is 3. The van der Waals surface area contributed by atoms with E-state index in [-0.39, 0.29) is 41.5 Å². The predicted octanol–water partition coefficient (Wildman–Crippen LogP) is 2.61. The molecule has 0 radical (unpaired) electrons. The van der Waals surface area contributed by atoms with Crippen LogP contribution in [0.3, 0.4) is 0 Å². The molecule has 1 aliphatic rings. The van der Waals surface area contributed by atoms with E-state index in [0.717, 1.165) is 31.0 Å². The fourth-order valence-corrected chi connectivity index (χ4v) is 3.41. The van der Waals surface area contributed by atoms with E-state index in [9.17, 15) is 9.59 Å². The molecular formula is C22H30IN5O2. The van der Waals surface area contributed by atoms with Gasteiger partial charge in [-0.15, -0.1) is 24.0 Å². The number of anilines is 1. The van der Waals surface area contributed by atoms with Crippen molar-refractivity contribution in [3.63, 3.8) is 0 Å². The number of carbonyl (C=O) groups is 1. The van der Waals surface area contributed by atoms with Gasteiger partial charge in [0.1, 0.15) is 0 Å². The molecule has 7 nitrogen and oxygen atoms in total. The van der Waals surface area contributed by atoms with Gasteiger partial charge in [-0.25, -0.2) is 0 Å². The molecule has 0 saturated carbocycles. The number of aryl methyl sites for hydroxylation is 1. The highest BCUT2D eigenvalue weighted by Crippen LogP contribution is 2.20. The summed E-state index contributed by atoms with van der Waals surface area (Å²) >= 11 is 0. The van der Waals surface area contributed by atoms with Crippen molar-refractivity contribution in [2.75, 3.05) is 24.5 Å². The number of carbonyl (C=O) groups excluding carboxylic acids is 1. The quantitative estimate of drug-likeness (QED) is 0.242. The molecule has 2 aromatic rings. The van der Waals surface area contributed by atoms with E-state index >= 15 is 0 Å². The van der Waals surface area contributed by atoms with Gasteiger partial charge in [-0.2, -0.15) is 0 Å². The summed E-state index contributed by atoms with van der Waals surface area (Å²) in [6.07, 6.45) is 4.04. The fraction of sp³-hybridized carbons (Fsp3) is 0.409. The first-order chi connectivity index (χ1) is 14.2. The van der Waals surface area contributed by atoms with Crippen molar-refractivity contribution in [1.82, 2.24) is 15.2 Å². The number of amides is 1. The zero-order chi connectivity index (χ0) is 20.5. The third-order valence-corrected chi connectivity index (χ3v) is 4.85. The van der Waals surface area contributed by atoms with E-state index in [1.165, 1.54) is 0 Å². The van der Waals surface area contributed by atoms with Crippen molar-refractivity contribution in [2.24, 2.45) is 4.99 Å². The Labute approximate surface area is 194 Å². The van der Waals surface area contributed by atoms with Gasteiger partial charge in [0.2, 0.25) is 11.5 Å². The number of pyridine rings is 1. The molecule has 0 aliphatic carbocycles. The normalized spacial score (nSPS) is 16.3. The first-order valence-electron chi connectivity index (χ1n) is 10.2. The molecular weight excluding hydrogens is 493 g/mol. The zero-order valence-corrected chi connectivity index (χ0v) is 19.6. The average Bonchev–Trinajstić information content (AvgIpc) is 3.10. The van der Waals surface area contributed by atoms with Crippen LogP contribution >= 0.6 is 24.0 Å². The molecule has 1 unspecified atom stereocenters. The molecule has 2 heterocycles. The maximum atomic E-state index is 12.4. The monoisotopic (exact) mass is 523 g/mol. The molecule has 2 N–H and O–H groups in total. The van der Waals surface area contributed by atoms with Crippen LogP contribution in [-0.4, -0.2) is 42.1 Å². The standard InChI is InChI=1S/C22H29N5O2.HI/c1-2-23-22(24-13-7-9-15-26-14-8-6-12-20(26)28)25-18-16-21(29)27(17-18)19-10-4-3-5-11-19;/h3-6,8,10-12,14,18H,2,7,9,13,15-17H2,1H3,(H2,23,24,25);1H. The van der Waals surface area contributed by atoms with Crippen molar-refractivity contribution >= 4 is 41.5 Å². The number of para-hydroxylation sites is 1. The second-order valence-electron chi connectivity index (χ2n) is 7.09. The van der Waals surface area contributed by atoms with Crippen LogP contribution in [0.15, 0.2) is 64.5 Å². The Morgan fingerprint density at radius 2 is 1.87 bits per heavy atom. The molecule has 1 aliphatic heterocycles. The molecule has 3 rings (SSSR count). The lowest BCUT2D eigenvalue weighted by molar-refractivity contribution is -0.117. The lowest BCUT2D eigenvalue weighted by Gasteiger charge is -2.19. The minimum Gasteiger partial charge on any atom is -0.357 e. The minimum atomic E-state index is 0. The Kier molecular flexibility index (Phi) is 9.85. The summed E-state index contributed by atoms with van der Waals surface area (Å²) < 4.78 is 1.72. The van der Waals surface area contributed by atoms with Crippen molar-refractivity contribution in [1.29, 1.82) is 0 Å². The summed E-state index contributed by atoms with van der Waals surface area (Å²) in [6, 6.07) is 15.0. The highest BCUT2D eigenvalue weighted by Gasteiger charge is 2.30. The van der Waals surface area contributed by atoms with E-state index in [0.29, 0.717) is 26.1 Å². The smallest absolute Gasteiger partial charge is 0.250 e. The number of hydrogen-bond donors (Lipinski definition) is 2. The topological polar surface area (TPSA) is 78.7 Å². The van der Waals surface area contributed by atoms with Gasteiger partial charge < -0.3 is 20.1 Å². The van der Waals surface area contributed by atoms with E-state index < -0.39 is 0 Å². The summed E-state index contributed by atoms with van der Waals surface area (Å²) in [5.41, 5.74) is 0.958. The Balaban J connectivity index is 0.00000320. The molecule has 30 heavy (non-hydrogen) atoms. The van der Waals surface area contributed by atoms with Crippen LogP contribution in [0.4, 0.5) is 5.69 Å². The molecule has 1 fully saturated rings. The predicted molar refractivity (Wildman–Crippen MR) is 132 cm³/mol. The second kappa shape index (κ2) is 12.4. The molecule has 162 valence electrons.